The quantitative estimate of drug-likeness (QED) is 0.430. The average Bonchev–Trinajstić information content (AvgIpc) is 2.31. The lowest BCUT2D eigenvalue weighted by Crippen LogP contribution is -1.99. The van der Waals surface area contributed by atoms with Gasteiger partial charge in [0.1, 0.15) is 0 Å². The van der Waals surface area contributed by atoms with Crippen LogP contribution >= 0.6 is 11.8 Å². The Balaban J connectivity index is 0. The van der Waals surface area contributed by atoms with Crippen molar-refractivity contribution in [2.45, 2.75) is 71.1 Å². The largest absolute Gasteiger partial charge is 0.312 e. The summed E-state index contributed by atoms with van der Waals surface area (Å²) in [5.41, 5.74) is 0. The van der Waals surface area contributed by atoms with Gasteiger partial charge in [0.05, 0.1) is 0 Å². The van der Waals surface area contributed by atoms with Crippen LogP contribution in [0.3, 0.4) is 0 Å². The molecule has 0 saturated heterocycles. The van der Waals surface area contributed by atoms with Crippen molar-refractivity contribution >= 4 is 11.8 Å². The Morgan fingerprint density at radius 2 is 1.06 bits per heavy atom. The minimum atomic E-state index is 0.956. The van der Waals surface area contributed by atoms with Crippen molar-refractivity contribution in [2.75, 3.05) is 27.7 Å². The Morgan fingerprint density at radius 3 is 1.39 bits per heavy atom. The topological polar surface area (TPSA) is 15.3 Å². The van der Waals surface area contributed by atoms with Gasteiger partial charge in [-0.2, -0.15) is 0 Å². The Morgan fingerprint density at radius 1 is 0.722 bits per heavy atom. The van der Waals surface area contributed by atoms with Gasteiger partial charge in [0.15, 0.2) is 0 Å². The lowest BCUT2D eigenvalue weighted by atomic mass is 10.1. The number of nitrogens with one attached hydrogen (secondary N) is 1. The molecule has 0 saturated carbocycles. The Labute approximate surface area is 121 Å². The van der Waals surface area contributed by atoms with E-state index in [4.69, 9.17) is 11.8 Å². The first-order valence-corrected chi connectivity index (χ1v) is 7.97. The molecule has 0 aromatic rings. The molecule has 0 spiro atoms. The second-order valence-corrected chi connectivity index (χ2v) is 5.67. The summed E-state index contributed by atoms with van der Waals surface area (Å²) in [6.07, 6.45) is 13.9. The van der Waals surface area contributed by atoms with Gasteiger partial charge in [-0.3, -0.25) is 0 Å². The second-order valence-electron chi connectivity index (χ2n) is 5.41. The SMILES string of the molecule is CCCCCCCCCCCCNCl.CN(C)C. The molecule has 0 fully saturated rings. The maximum absolute atomic E-state index is 5.36. The molecule has 0 aliphatic heterocycles. The molecule has 0 rings (SSSR count). The first kappa shape index (κ1) is 20.5. The minimum absolute atomic E-state index is 0.956. The summed E-state index contributed by atoms with van der Waals surface area (Å²) >= 11 is 5.36. The molecule has 0 aromatic carbocycles. The van der Waals surface area contributed by atoms with E-state index in [1.54, 1.807) is 0 Å². The van der Waals surface area contributed by atoms with Crippen molar-refractivity contribution in [1.82, 2.24) is 9.74 Å². The number of unbranched alkanes of at least 4 members (excludes halogenated alkanes) is 9. The van der Waals surface area contributed by atoms with Crippen LogP contribution in [0, 0.1) is 0 Å². The van der Waals surface area contributed by atoms with Crippen LogP contribution in [-0.2, 0) is 0 Å². The maximum atomic E-state index is 5.36. The number of hydrogen-bond acceptors (Lipinski definition) is 2. The lowest BCUT2D eigenvalue weighted by Gasteiger charge is -2.01. The molecule has 2 nitrogen and oxygen atoms in total. The monoisotopic (exact) mass is 278 g/mol. The van der Waals surface area contributed by atoms with Crippen molar-refractivity contribution in [1.29, 1.82) is 0 Å². The number of halogens is 1. The molecule has 112 valence electrons. The van der Waals surface area contributed by atoms with Crippen LogP contribution in [0.15, 0.2) is 0 Å². The summed E-state index contributed by atoms with van der Waals surface area (Å²) in [7, 11) is 6.00. The lowest BCUT2D eigenvalue weighted by molar-refractivity contribution is 0.505. The van der Waals surface area contributed by atoms with Crippen molar-refractivity contribution in [2.24, 2.45) is 0 Å². The summed E-state index contributed by atoms with van der Waals surface area (Å²) < 4.78 is 0. The molecule has 3 heteroatoms. The van der Waals surface area contributed by atoms with Gasteiger partial charge in [0.25, 0.3) is 0 Å². The van der Waals surface area contributed by atoms with E-state index >= 15 is 0 Å². The molecule has 18 heavy (non-hydrogen) atoms. The molecule has 0 unspecified atom stereocenters. The van der Waals surface area contributed by atoms with Gasteiger partial charge in [0, 0.05) is 6.54 Å². The number of hydrogen-bond donors (Lipinski definition) is 1. The first-order valence-electron chi connectivity index (χ1n) is 7.59. The van der Waals surface area contributed by atoms with Crippen LogP contribution < -0.4 is 4.84 Å². The predicted octanol–water partition coefficient (Wildman–Crippen LogP) is 4.83. The van der Waals surface area contributed by atoms with E-state index in [1.807, 2.05) is 26.0 Å². The summed E-state index contributed by atoms with van der Waals surface area (Å²) in [6, 6.07) is 0. The molecule has 0 aliphatic rings. The third-order valence-electron chi connectivity index (χ3n) is 2.62. The Hall–Kier alpha value is 0.210. The predicted molar refractivity (Wildman–Crippen MR) is 85.3 cm³/mol. The number of nitrogens with zero attached hydrogens (tertiary/aromatic N) is 1. The molecule has 0 radical (unpaired) electrons. The van der Waals surface area contributed by atoms with Crippen LogP contribution in [0.2, 0.25) is 0 Å². The Kier molecular flexibility index (Phi) is 22.3. The van der Waals surface area contributed by atoms with Crippen LogP contribution in [0.25, 0.3) is 0 Å². The minimum Gasteiger partial charge on any atom is -0.312 e. The molecular weight excluding hydrogens is 244 g/mol. The average molecular weight is 279 g/mol. The van der Waals surface area contributed by atoms with E-state index in [-0.39, 0.29) is 0 Å². The van der Waals surface area contributed by atoms with Gasteiger partial charge in [-0.05, 0) is 39.3 Å². The van der Waals surface area contributed by atoms with Gasteiger partial charge in [-0.25, -0.2) is 4.84 Å². The van der Waals surface area contributed by atoms with Crippen LogP contribution in [0.4, 0.5) is 0 Å². The third kappa shape index (κ3) is 29.8. The highest BCUT2D eigenvalue weighted by atomic mass is 35.5. The van der Waals surface area contributed by atoms with Crippen molar-refractivity contribution in [3.8, 4) is 0 Å². The zero-order chi connectivity index (χ0) is 14.1. The fourth-order valence-corrected chi connectivity index (χ4v) is 1.81. The van der Waals surface area contributed by atoms with E-state index in [9.17, 15) is 0 Å². The van der Waals surface area contributed by atoms with E-state index in [0.717, 1.165) is 6.54 Å². The molecule has 0 atom stereocenters. The zero-order valence-corrected chi connectivity index (χ0v) is 13.9. The molecule has 0 heterocycles. The van der Waals surface area contributed by atoms with E-state index < -0.39 is 0 Å². The first-order chi connectivity index (χ1) is 8.65. The van der Waals surface area contributed by atoms with Crippen molar-refractivity contribution < 1.29 is 0 Å². The van der Waals surface area contributed by atoms with Crippen molar-refractivity contribution in [3.63, 3.8) is 0 Å². The van der Waals surface area contributed by atoms with Crippen LogP contribution in [0.1, 0.15) is 71.1 Å². The van der Waals surface area contributed by atoms with Gasteiger partial charge in [-0.1, -0.05) is 64.7 Å². The summed E-state index contributed by atoms with van der Waals surface area (Å²) in [6.45, 7) is 3.23. The van der Waals surface area contributed by atoms with E-state index in [2.05, 4.69) is 11.8 Å². The Bertz CT molecular complexity index is 115. The fourth-order valence-electron chi connectivity index (χ4n) is 1.68. The maximum Gasteiger partial charge on any atom is 0.0108 e. The highest BCUT2D eigenvalue weighted by molar-refractivity contribution is 6.13. The fraction of sp³-hybridized carbons (Fsp3) is 1.00. The van der Waals surface area contributed by atoms with E-state index in [1.165, 1.54) is 64.2 Å². The van der Waals surface area contributed by atoms with Gasteiger partial charge >= 0.3 is 0 Å². The smallest absolute Gasteiger partial charge is 0.0108 e. The second kappa shape index (κ2) is 19.5. The van der Waals surface area contributed by atoms with Gasteiger partial charge < -0.3 is 4.90 Å². The highest BCUT2D eigenvalue weighted by Gasteiger charge is 1.91. The molecule has 1 N–H and O–H groups in total. The molecule has 0 aromatic heterocycles. The zero-order valence-electron chi connectivity index (χ0n) is 13.1. The molecule has 0 aliphatic carbocycles. The normalized spacial score (nSPS) is 10.3. The molecule has 0 bridgehead atoms. The van der Waals surface area contributed by atoms with Crippen molar-refractivity contribution in [3.05, 3.63) is 0 Å². The van der Waals surface area contributed by atoms with Gasteiger partial charge in [-0.15, -0.1) is 0 Å². The van der Waals surface area contributed by atoms with Crippen LogP contribution in [0.5, 0.6) is 0 Å². The van der Waals surface area contributed by atoms with Gasteiger partial charge in [0.2, 0.25) is 0 Å². The molecule has 0 amide bonds. The summed E-state index contributed by atoms with van der Waals surface area (Å²) in [5, 5.41) is 0. The standard InChI is InChI=1S/C12H26ClN.C3H9N/c1-2-3-4-5-6-7-8-9-10-11-12-14-13;1-4(2)3/h14H,2-12H2,1H3;1-3H3. The highest BCUT2D eigenvalue weighted by Crippen LogP contribution is 2.10. The number of rotatable bonds is 11. The summed E-state index contributed by atoms with van der Waals surface area (Å²) in [5.74, 6) is 0. The third-order valence-corrected chi connectivity index (χ3v) is 2.81. The summed E-state index contributed by atoms with van der Waals surface area (Å²) in [4.78, 5) is 4.67. The van der Waals surface area contributed by atoms with E-state index in [0.29, 0.717) is 0 Å². The van der Waals surface area contributed by atoms with Crippen LogP contribution in [-0.4, -0.2) is 32.6 Å². The molecular formula is C15H35ClN2.